The second-order valence-electron chi connectivity index (χ2n) is 3.48. The maximum atomic E-state index is 3.32. The molecule has 0 unspecified atom stereocenters. The predicted molar refractivity (Wildman–Crippen MR) is 52.9 cm³/mol. The first-order valence-electron chi connectivity index (χ1n) is 4.99. The quantitative estimate of drug-likeness (QED) is 0.645. The summed E-state index contributed by atoms with van der Waals surface area (Å²) in [5, 5.41) is 3.32. The van der Waals surface area contributed by atoms with Crippen molar-refractivity contribution in [1.29, 1.82) is 0 Å². The summed E-state index contributed by atoms with van der Waals surface area (Å²) < 4.78 is 0. The van der Waals surface area contributed by atoms with Gasteiger partial charge in [-0.25, -0.2) is 0 Å². The molecule has 0 spiro atoms. The molecule has 0 saturated carbocycles. The average molecular weight is 168 g/mol. The third-order valence-corrected chi connectivity index (χ3v) is 2.23. The van der Waals surface area contributed by atoms with E-state index < -0.39 is 0 Å². The molecule has 0 aromatic heterocycles. The summed E-state index contributed by atoms with van der Waals surface area (Å²) in [6, 6.07) is 0. The van der Waals surface area contributed by atoms with Crippen molar-refractivity contribution in [3.8, 4) is 0 Å². The van der Waals surface area contributed by atoms with Crippen LogP contribution >= 0.6 is 0 Å². The molecule has 1 aliphatic rings. The monoisotopic (exact) mass is 168 g/mol. The largest absolute Gasteiger partial charge is 0.386 e. The molecule has 1 aliphatic heterocycles. The number of nitrogens with zero attached hydrogens (tertiary/aromatic N) is 1. The second-order valence-corrected chi connectivity index (χ2v) is 3.48. The smallest absolute Gasteiger partial charge is 0.0346 e. The Bertz CT molecular complexity index is 152. The van der Waals surface area contributed by atoms with Crippen LogP contribution in [0.2, 0.25) is 0 Å². The summed E-state index contributed by atoms with van der Waals surface area (Å²) in [5.41, 5.74) is 1.30. The van der Waals surface area contributed by atoms with Crippen molar-refractivity contribution in [2.75, 3.05) is 19.6 Å². The zero-order valence-electron chi connectivity index (χ0n) is 8.27. The summed E-state index contributed by atoms with van der Waals surface area (Å²) >= 11 is 0. The second kappa shape index (κ2) is 5.07. The molecule has 0 bridgehead atoms. The van der Waals surface area contributed by atoms with Gasteiger partial charge in [-0.3, -0.25) is 0 Å². The van der Waals surface area contributed by atoms with Gasteiger partial charge in [0.15, 0.2) is 0 Å². The van der Waals surface area contributed by atoms with Crippen LogP contribution in [0, 0.1) is 0 Å². The zero-order valence-corrected chi connectivity index (χ0v) is 8.27. The van der Waals surface area contributed by atoms with Crippen LogP contribution in [0.4, 0.5) is 0 Å². The van der Waals surface area contributed by atoms with Gasteiger partial charge in [0, 0.05) is 31.5 Å². The zero-order chi connectivity index (χ0) is 8.81. The van der Waals surface area contributed by atoms with E-state index in [1.807, 2.05) is 0 Å². The van der Waals surface area contributed by atoms with Gasteiger partial charge in [0.05, 0.1) is 0 Å². The van der Waals surface area contributed by atoms with E-state index in [9.17, 15) is 0 Å². The first kappa shape index (κ1) is 9.43. The van der Waals surface area contributed by atoms with Gasteiger partial charge >= 0.3 is 0 Å². The van der Waals surface area contributed by atoms with Crippen LogP contribution in [0.3, 0.4) is 0 Å². The van der Waals surface area contributed by atoms with Crippen molar-refractivity contribution in [2.45, 2.75) is 33.1 Å². The maximum Gasteiger partial charge on any atom is 0.0346 e. The van der Waals surface area contributed by atoms with E-state index >= 15 is 0 Å². The fourth-order valence-electron chi connectivity index (χ4n) is 1.52. The Hall–Kier alpha value is -0.660. The lowest BCUT2D eigenvalue weighted by Gasteiger charge is -2.26. The normalized spacial score (nSPS) is 17.2. The van der Waals surface area contributed by atoms with E-state index in [2.05, 4.69) is 30.3 Å². The van der Waals surface area contributed by atoms with Gasteiger partial charge in [-0.1, -0.05) is 19.8 Å². The number of unbranched alkanes of at least 4 members (excludes halogenated alkanes) is 2. The van der Waals surface area contributed by atoms with Crippen LogP contribution in [-0.2, 0) is 0 Å². The summed E-state index contributed by atoms with van der Waals surface area (Å²) in [4.78, 5) is 2.42. The molecule has 0 radical (unpaired) electrons. The summed E-state index contributed by atoms with van der Waals surface area (Å²) in [7, 11) is 0. The Balaban J connectivity index is 2.18. The molecule has 2 nitrogen and oxygen atoms in total. The van der Waals surface area contributed by atoms with Crippen LogP contribution in [-0.4, -0.2) is 24.5 Å². The van der Waals surface area contributed by atoms with Gasteiger partial charge in [0.25, 0.3) is 0 Å². The van der Waals surface area contributed by atoms with Crippen LogP contribution in [0.25, 0.3) is 0 Å². The standard InChI is InChI=1S/C10H20N2/c1-3-4-5-7-12-8-6-11-10(2)9-12/h9,11H,3-8H2,1-2H3. The molecule has 0 aromatic rings. The van der Waals surface area contributed by atoms with Gasteiger partial charge in [0.1, 0.15) is 0 Å². The van der Waals surface area contributed by atoms with E-state index in [0.29, 0.717) is 0 Å². The van der Waals surface area contributed by atoms with Gasteiger partial charge in [-0.15, -0.1) is 0 Å². The Morgan fingerprint density at radius 1 is 1.50 bits per heavy atom. The molecule has 1 rings (SSSR count). The van der Waals surface area contributed by atoms with Crippen molar-refractivity contribution in [1.82, 2.24) is 10.2 Å². The lowest BCUT2D eigenvalue weighted by Crippen LogP contribution is -2.34. The molecule has 1 heterocycles. The third kappa shape index (κ3) is 3.16. The molecular formula is C10H20N2. The summed E-state index contributed by atoms with van der Waals surface area (Å²) in [6.45, 7) is 7.88. The van der Waals surface area contributed by atoms with Gasteiger partial charge < -0.3 is 10.2 Å². The van der Waals surface area contributed by atoms with E-state index in [-0.39, 0.29) is 0 Å². The van der Waals surface area contributed by atoms with E-state index in [0.717, 1.165) is 6.54 Å². The van der Waals surface area contributed by atoms with Crippen LogP contribution in [0.5, 0.6) is 0 Å². The molecule has 12 heavy (non-hydrogen) atoms. The number of hydrogen-bond acceptors (Lipinski definition) is 2. The van der Waals surface area contributed by atoms with E-state index in [1.54, 1.807) is 0 Å². The highest BCUT2D eigenvalue weighted by molar-refractivity contribution is 4.98. The van der Waals surface area contributed by atoms with Crippen molar-refractivity contribution in [2.24, 2.45) is 0 Å². The predicted octanol–water partition coefficient (Wildman–Crippen LogP) is 1.94. The number of nitrogens with one attached hydrogen (secondary N) is 1. The number of allylic oxidation sites excluding steroid dienone is 1. The van der Waals surface area contributed by atoms with Crippen molar-refractivity contribution < 1.29 is 0 Å². The molecule has 0 saturated heterocycles. The highest BCUT2D eigenvalue weighted by Crippen LogP contribution is 2.03. The Morgan fingerprint density at radius 2 is 2.33 bits per heavy atom. The fourth-order valence-corrected chi connectivity index (χ4v) is 1.52. The SMILES string of the molecule is CCCCCN1C=C(C)NCC1. The van der Waals surface area contributed by atoms with Gasteiger partial charge in [-0.2, -0.15) is 0 Å². The highest BCUT2D eigenvalue weighted by Gasteiger charge is 2.04. The topological polar surface area (TPSA) is 15.3 Å². The first-order chi connectivity index (χ1) is 5.83. The molecule has 0 aliphatic carbocycles. The van der Waals surface area contributed by atoms with Crippen LogP contribution in [0.1, 0.15) is 33.1 Å². The van der Waals surface area contributed by atoms with Crippen molar-refractivity contribution in [3.05, 3.63) is 11.9 Å². The van der Waals surface area contributed by atoms with Crippen molar-refractivity contribution >= 4 is 0 Å². The minimum absolute atomic E-state index is 1.11. The number of rotatable bonds is 4. The molecule has 1 N–H and O–H groups in total. The molecular weight excluding hydrogens is 148 g/mol. The third-order valence-electron chi connectivity index (χ3n) is 2.23. The molecule has 0 atom stereocenters. The lowest BCUT2D eigenvalue weighted by molar-refractivity contribution is 0.342. The first-order valence-corrected chi connectivity index (χ1v) is 4.99. The molecule has 70 valence electrons. The van der Waals surface area contributed by atoms with Gasteiger partial charge in [0.2, 0.25) is 0 Å². The Labute approximate surface area is 75.6 Å². The molecule has 0 aromatic carbocycles. The average Bonchev–Trinajstić information content (AvgIpc) is 2.05. The Kier molecular flexibility index (Phi) is 3.98. The summed E-state index contributed by atoms with van der Waals surface area (Å²) in [5.74, 6) is 0. The Morgan fingerprint density at radius 3 is 3.00 bits per heavy atom. The van der Waals surface area contributed by atoms with E-state index in [1.165, 1.54) is 38.0 Å². The van der Waals surface area contributed by atoms with Gasteiger partial charge in [-0.05, 0) is 13.3 Å². The molecule has 0 fully saturated rings. The minimum Gasteiger partial charge on any atom is -0.386 e. The summed E-state index contributed by atoms with van der Waals surface area (Å²) in [6.07, 6.45) is 6.24. The lowest BCUT2D eigenvalue weighted by atomic mass is 10.2. The molecule has 2 heteroatoms. The number of hydrogen-bond donors (Lipinski definition) is 1. The fraction of sp³-hybridized carbons (Fsp3) is 0.800. The van der Waals surface area contributed by atoms with Crippen LogP contribution < -0.4 is 5.32 Å². The van der Waals surface area contributed by atoms with E-state index in [4.69, 9.17) is 0 Å². The maximum absolute atomic E-state index is 3.32. The highest BCUT2D eigenvalue weighted by atomic mass is 15.2. The minimum atomic E-state index is 1.11. The van der Waals surface area contributed by atoms with Crippen molar-refractivity contribution in [3.63, 3.8) is 0 Å². The van der Waals surface area contributed by atoms with Crippen LogP contribution in [0.15, 0.2) is 11.9 Å². The molecule has 0 amide bonds.